The quantitative estimate of drug-likeness (QED) is 0.858. The molecule has 84 valence electrons. The molecule has 0 unspecified atom stereocenters. The number of hydrogen-bond donors (Lipinski definition) is 1. The Kier molecular flexibility index (Phi) is 2.76. The predicted octanol–water partition coefficient (Wildman–Crippen LogP) is 0.780. The lowest BCUT2D eigenvalue weighted by Crippen LogP contribution is -2.20. The molecule has 0 aliphatic rings. The molecule has 0 atom stereocenters. The molecule has 1 heterocycles. The van der Waals surface area contributed by atoms with Crippen molar-refractivity contribution < 1.29 is 8.42 Å². The molecule has 0 saturated heterocycles. The molecule has 0 spiro atoms. The molecular formula is C10H11N3O2S. The SMILES string of the molecule is CNS(=O)(=O)c1ccccc1-n1ccnc1. The van der Waals surface area contributed by atoms with E-state index in [9.17, 15) is 8.42 Å². The zero-order chi connectivity index (χ0) is 11.6. The largest absolute Gasteiger partial charge is 0.305 e. The van der Waals surface area contributed by atoms with Crippen LogP contribution in [0.2, 0.25) is 0 Å². The zero-order valence-electron chi connectivity index (χ0n) is 8.66. The van der Waals surface area contributed by atoms with Crippen LogP contribution < -0.4 is 4.72 Å². The van der Waals surface area contributed by atoms with E-state index in [0.717, 1.165) is 0 Å². The van der Waals surface area contributed by atoms with E-state index in [1.54, 1.807) is 47.6 Å². The van der Waals surface area contributed by atoms with Gasteiger partial charge in [-0.3, -0.25) is 0 Å². The van der Waals surface area contributed by atoms with Gasteiger partial charge >= 0.3 is 0 Å². The van der Waals surface area contributed by atoms with Crippen molar-refractivity contribution in [3.63, 3.8) is 0 Å². The van der Waals surface area contributed by atoms with Crippen LogP contribution in [0, 0.1) is 0 Å². The molecule has 1 aromatic heterocycles. The first-order valence-corrected chi connectivity index (χ1v) is 6.14. The highest BCUT2D eigenvalue weighted by molar-refractivity contribution is 7.89. The van der Waals surface area contributed by atoms with Crippen molar-refractivity contribution in [1.29, 1.82) is 0 Å². The van der Waals surface area contributed by atoms with Crippen LogP contribution in [0.5, 0.6) is 0 Å². The van der Waals surface area contributed by atoms with E-state index >= 15 is 0 Å². The normalized spacial score (nSPS) is 11.6. The topological polar surface area (TPSA) is 64.0 Å². The Bertz CT molecular complexity index is 576. The number of nitrogens with one attached hydrogen (secondary N) is 1. The van der Waals surface area contributed by atoms with Crippen LogP contribution in [0.1, 0.15) is 0 Å². The van der Waals surface area contributed by atoms with E-state index in [2.05, 4.69) is 9.71 Å². The molecule has 2 rings (SSSR count). The fourth-order valence-corrected chi connectivity index (χ4v) is 2.34. The Balaban J connectivity index is 2.65. The summed E-state index contributed by atoms with van der Waals surface area (Å²) in [6.07, 6.45) is 4.86. The highest BCUT2D eigenvalue weighted by atomic mass is 32.2. The lowest BCUT2D eigenvalue weighted by molar-refractivity contribution is 0.587. The monoisotopic (exact) mass is 237 g/mol. The van der Waals surface area contributed by atoms with Crippen molar-refractivity contribution in [2.75, 3.05) is 7.05 Å². The van der Waals surface area contributed by atoms with Crippen molar-refractivity contribution in [2.24, 2.45) is 0 Å². The van der Waals surface area contributed by atoms with Gasteiger partial charge in [-0.15, -0.1) is 0 Å². The molecule has 1 aromatic carbocycles. The van der Waals surface area contributed by atoms with E-state index in [1.165, 1.54) is 7.05 Å². The van der Waals surface area contributed by atoms with Gasteiger partial charge in [-0.25, -0.2) is 18.1 Å². The van der Waals surface area contributed by atoms with E-state index in [4.69, 9.17) is 0 Å². The number of sulfonamides is 1. The van der Waals surface area contributed by atoms with Crippen LogP contribution in [0.4, 0.5) is 0 Å². The summed E-state index contributed by atoms with van der Waals surface area (Å²) in [4.78, 5) is 4.13. The fourth-order valence-electron chi connectivity index (χ4n) is 1.41. The number of aromatic nitrogens is 2. The number of imidazole rings is 1. The first-order valence-electron chi connectivity index (χ1n) is 4.66. The van der Waals surface area contributed by atoms with E-state index in [-0.39, 0.29) is 4.90 Å². The van der Waals surface area contributed by atoms with E-state index in [0.29, 0.717) is 5.69 Å². The third kappa shape index (κ3) is 1.84. The summed E-state index contributed by atoms with van der Waals surface area (Å²) in [6, 6.07) is 6.75. The molecular weight excluding hydrogens is 226 g/mol. The summed E-state index contributed by atoms with van der Waals surface area (Å²) < 4.78 is 27.5. The molecule has 2 aromatic rings. The number of rotatable bonds is 3. The van der Waals surface area contributed by atoms with Gasteiger partial charge in [0, 0.05) is 12.4 Å². The Morgan fingerprint density at radius 2 is 2.06 bits per heavy atom. The Morgan fingerprint density at radius 3 is 2.69 bits per heavy atom. The Labute approximate surface area is 93.8 Å². The third-order valence-electron chi connectivity index (χ3n) is 2.21. The molecule has 0 radical (unpaired) electrons. The first-order chi connectivity index (χ1) is 7.65. The molecule has 0 aliphatic heterocycles. The van der Waals surface area contributed by atoms with Gasteiger partial charge in [0.25, 0.3) is 0 Å². The summed E-state index contributed by atoms with van der Waals surface area (Å²) in [5.74, 6) is 0. The van der Waals surface area contributed by atoms with Crippen molar-refractivity contribution in [1.82, 2.24) is 14.3 Å². The average Bonchev–Trinajstić information content (AvgIpc) is 2.82. The van der Waals surface area contributed by atoms with Crippen molar-refractivity contribution in [3.8, 4) is 5.69 Å². The van der Waals surface area contributed by atoms with Gasteiger partial charge in [-0.05, 0) is 19.2 Å². The Hall–Kier alpha value is -1.66. The van der Waals surface area contributed by atoms with Crippen LogP contribution in [0.15, 0.2) is 47.9 Å². The molecule has 5 nitrogen and oxygen atoms in total. The maximum Gasteiger partial charge on any atom is 0.242 e. The molecule has 0 fully saturated rings. The van der Waals surface area contributed by atoms with Crippen LogP contribution in [0.3, 0.4) is 0 Å². The zero-order valence-corrected chi connectivity index (χ0v) is 9.48. The van der Waals surface area contributed by atoms with Gasteiger partial charge < -0.3 is 4.57 Å². The van der Waals surface area contributed by atoms with Crippen LogP contribution in [-0.4, -0.2) is 25.0 Å². The smallest absolute Gasteiger partial charge is 0.242 e. The predicted molar refractivity (Wildman–Crippen MR) is 59.8 cm³/mol. The van der Waals surface area contributed by atoms with Gasteiger partial charge in [0.05, 0.1) is 12.0 Å². The van der Waals surface area contributed by atoms with Gasteiger partial charge in [0.1, 0.15) is 4.90 Å². The average molecular weight is 237 g/mol. The minimum atomic E-state index is -3.45. The second-order valence-corrected chi connectivity index (χ2v) is 5.00. The summed E-state index contributed by atoms with van der Waals surface area (Å²) >= 11 is 0. The van der Waals surface area contributed by atoms with Gasteiger partial charge in [-0.2, -0.15) is 0 Å². The molecule has 1 N–H and O–H groups in total. The molecule has 0 bridgehead atoms. The van der Waals surface area contributed by atoms with Crippen molar-refractivity contribution >= 4 is 10.0 Å². The second kappa shape index (κ2) is 4.07. The molecule has 0 aliphatic carbocycles. The minimum absolute atomic E-state index is 0.232. The summed E-state index contributed by atoms with van der Waals surface area (Å²) in [5.41, 5.74) is 0.578. The second-order valence-electron chi connectivity index (χ2n) is 3.15. The van der Waals surface area contributed by atoms with Gasteiger partial charge in [-0.1, -0.05) is 12.1 Å². The van der Waals surface area contributed by atoms with Crippen LogP contribution in [0.25, 0.3) is 5.69 Å². The van der Waals surface area contributed by atoms with E-state index < -0.39 is 10.0 Å². The first kappa shape index (κ1) is 10.8. The third-order valence-corrected chi connectivity index (χ3v) is 3.67. The highest BCUT2D eigenvalue weighted by Gasteiger charge is 2.16. The van der Waals surface area contributed by atoms with Crippen molar-refractivity contribution in [3.05, 3.63) is 43.0 Å². The molecule has 0 amide bonds. The standard InChI is InChI=1S/C10H11N3O2S/c1-11-16(14,15)10-5-3-2-4-9(10)13-7-6-12-8-13/h2-8,11H,1H3. The highest BCUT2D eigenvalue weighted by Crippen LogP contribution is 2.18. The van der Waals surface area contributed by atoms with Gasteiger partial charge in [0.2, 0.25) is 10.0 Å². The Morgan fingerprint density at radius 1 is 1.31 bits per heavy atom. The fraction of sp³-hybridized carbons (Fsp3) is 0.100. The van der Waals surface area contributed by atoms with Crippen LogP contribution >= 0.6 is 0 Å². The summed E-state index contributed by atoms with van der Waals surface area (Å²) in [5, 5.41) is 0. The number of hydrogen-bond acceptors (Lipinski definition) is 3. The minimum Gasteiger partial charge on any atom is -0.305 e. The molecule has 0 saturated carbocycles. The van der Waals surface area contributed by atoms with Crippen LogP contribution in [-0.2, 0) is 10.0 Å². The number of nitrogens with zero attached hydrogens (tertiary/aromatic N) is 2. The van der Waals surface area contributed by atoms with Gasteiger partial charge in [0.15, 0.2) is 0 Å². The lowest BCUT2D eigenvalue weighted by atomic mass is 10.3. The van der Waals surface area contributed by atoms with Crippen molar-refractivity contribution in [2.45, 2.75) is 4.90 Å². The number of para-hydroxylation sites is 1. The maximum atomic E-state index is 11.8. The maximum absolute atomic E-state index is 11.8. The summed E-state index contributed by atoms with van der Waals surface area (Å²) in [6.45, 7) is 0. The molecule has 6 heteroatoms. The lowest BCUT2D eigenvalue weighted by Gasteiger charge is -2.09. The summed E-state index contributed by atoms with van der Waals surface area (Å²) in [7, 11) is -2.06. The molecule has 16 heavy (non-hydrogen) atoms. The van der Waals surface area contributed by atoms with E-state index in [1.807, 2.05) is 0 Å². The number of benzene rings is 1.